The predicted molar refractivity (Wildman–Crippen MR) is 80.3 cm³/mol. The number of hydrogen-bond acceptors (Lipinski definition) is 2. The summed E-state index contributed by atoms with van der Waals surface area (Å²) in [6.07, 6.45) is 0.741. The maximum Gasteiger partial charge on any atom is 0.387 e. The number of rotatable bonds is 6. The number of alkyl halides is 2. The van der Waals surface area contributed by atoms with Gasteiger partial charge in [-0.05, 0) is 48.7 Å². The molecule has 1 amide bonds. The van der Waals surface area contributed by atoms with Crippen LogP contribution in [-0.4, -0.2) is 19.1 Å². The van der Waals surface area contributed by atoms with Crippen molar-refractivity contribution in [1.82, 2.24) is 5.32 Å². The van der Waals surface area contributed by atoms with Crippen LogP contribution in [0.4, 0.5) is 8.78 Å². The molecule has 1 N–H and O–H groups in total. The van der Waals surface area contributed by atoms with Gasteiger partial charge >= 0.3 is 6.61 Å². The third-order valence-corrected chi connectivity index (χ3v) is 3.28. The summed E-state index contributed by atoms with van der Waals surface area (Å²) in [5.74, 6) is -0.205. The predicted octanol–water partition coefficient (Wildman–Crippen LogP) is 3.57. The first kappa shape index (κ1) is 15.9. The van der Waals surface area contributed by atoms with Crippen molar-refractivity contribution in [2.45, 2.75) is 20.0 Å². The Bertz CT molecular complexity index is 627. The average Bonchev–Trinajstić information content (AvgIpc) is 2.49. The Morgan fingerprint density at radius 2 is 1.82 bits per heavy atom. The van der Waals surface area contributed by atoms with Crippen LogP contribution < -0.4 is 10.1 Å². The third-order valence-electron chi connectivity index (χ3n) is 3.28. The molecular weight excluding hydrogens is 288 g/mol. The summed E-state index contributed by atoms with van der Waals surface area (Å²) in [6.45, 7) is -0.327. The molecule has 5 heteroatoms. The van der Waals surface area contributed by atoms with E-state index < -0.39 is 6.61 Å². The van der Waals surface area contributed by atoms with Crippen molar-refractivity contribution in [2.24, 2.45) is 0 Å². The van der Waals surface area contributed by atoms with Gasteiger partial charge in [-0.2, -0.15) is 8.78 Å². The van der Waals surface area contributed by atoms with Gasteiger partial charge in [0.15, 0.2) is 0 Å². The fourth-order valence-corrected chi connectivity index (χ4v) is 2.09. The first-order valence-electron chi connectivity index (χ1n) is 6.94. The van der Waals surface area contributed by atoms with Crippen LogP contribution in [-0.2, 0) is 6.42 Å². The molecule has 0 aliphatic carbocycles. The summed E-state index contributed by atoms with van der Waals surface area (Å²) in [5, 5.41) is 2.81. The highest BCUT2D eigenvalue weighted by Gasteiger charge is 2.08. The van der Waals surface area contributed by atoms with E-state index in [1.807, 2.05) is 31.2 Å². The van der Waals surface area contributed by atoms with Crippen LogP contribution in [0.5, 0.6) is 5.75 Å². The van der Waals surface area contributed by atoms with Crippen LogP contribution >= 0.6 is 0 Å². The lowest BCUT2D eigenvalue weighted by Gasteiger charge is -2.08. The molecule has 22 heavy (non-hydrogen) atoms. The van der Waals surface area contributed by atoms with E-state index in [1.54, 1.807) is 0 Å². The first-order valence-corrected chi connectivity index (χ1v) is 6.94. The van der Waals surface area contributed by atoms with Gasteiger partial charge in [-0.1, -0.05) is 24.3 Å². The van der Waals surface area contributed by atoms with E-state index in [0.29, 0.717) is 12.1 Å². The van der Waals surface area contributed by atoms with E-state index in [2.05, 4.69) is 10.1 Å². The van der Waals surface area contributed by atoms with Crippen LogP contribution in [0.1, 0.15) is 21.5 Å². The van der Waals surface area contributed by atoms with Crippen LogP contribution in [0.15, 0.2) is 48.5 Å². The monoisotopic (exact) mass is 305 g/mol. The molecule has 0 aliphatic rings. The molecule has 0 radical (unpaired) electrons. The largest absolute Gasteiger partial charge is 0.435 e. The Balaban J connectivity index is 1.86. The molecule has 0 aromatic heterocycles. The number of benzene rings is 2. The lowest BCUT2D eigenvalue weighted by Crippen LogP contribution is -2.25. The Hall–Kier alpha value is -2.43. The zero-order valence-electron chi connectivity index (χ0n) is 12.2. The molecule has 0 aliphatic heterocycles. The minimum absolute atomic E-state index is 0.0338. The van der Waals surface area contributed by atoms with E-state index in [9.17, 15) is 13.6 Å². The molecule has 2 aromatic carbocycles. The molecule has 0 bridgehead atoms. The molecule has 0 heterocycles. The summed E-state index contributed by atoms with van der Waals surface area (Å²) in [6, 6.07) is 13.6. The molecule has 2 rings (SSSR count). The standard InChI is InChI=1S/C17H17F2NO2/c1-12-4-2-3-5-13(12)10-11-20-16(21)14-6-8-15(9-7-14)22-17(18)19/h2-9,17H,10-11H2,1H3,(H,20,21). The van der Waals surface area contributed by atoms with Crippen molar-refractivity contribution >= 4 is 5.91 Å². The summed E-state index contributed by atoms with van der Waals surface area (Å²) in [5.41, 5.74) is 2.78. The highest BCUT2D eigenvalue weighted by molar-refractivity contribution is 5.94. The number of halogens is 2. The number of carbonyl (C=O) groups is 1. The number of nitrogens with one attached hydrogen (secondary N) is 1. The van der Waals surface area contributed by atoms with E-state index in [4.69, 9.17) is 0 Å². The van der Waals surface area contributed by atoms with Crippen molar-refractivity contribution in [3.8, 4) is 5.75 Å². The van der Waals surface area contributed by atoms with Crippen LogP contribution in [0.2, 0.25) is 0 Å². The zero-order valence-corrected chi connectivity index (χ0v) is 12.2. The lowest BCUT2D eigenvalue weighted by atomic mass is 10.1. The molecule has 0 fully saturated rings. The van der Waals surface area contributed by atoms with Crippen molar-refractivity contribution in [3.63, 3.8) is 0 Å². The Morgan fingerprint density at radius 3 is 2.45 bits per heavy atom. The van der Waals surface area contributed by atoms with Gasteiger partial charge in [0.25, 0.3) is 5.91 Å². The van der Waals surface area contributed by atoms with Gasteiger partial charge in [0, 0.05) is 12.1 Å². The molecule has 0 spiro atoms. The Kier molecular flexibility index (Phi) is 5.47. The van der Waals surface area contributed by atoms with E-state index >= 15 is 0 Å². The van der Waals surface area contributed by atoms with Gasteiger partial charge in [-0.15, -0.1) is 0 Å². The van der Waals surface area contributed by atoms with Crippen molar-refractivity contribution in [1.29, 1.82) is 0 Å². The second-order valence-electron chi connectivity index (χ2n) is 4.84. The minimum Gasteiger partial charge on any atom is -0.435 e. The van der Waals surface area contributed by atoms with Gasteiger partial charge in [0.05, 0.1) is 0 Å². The Morgan fingerprint density at radius 1 is 1.14 bits per heavy atom. The van der Waals surface area contributed by atoms with E-state index in [1.165, 1.54) is 35.4 Å². The second-order valence-corrected chi connectivity index (χ2v) is 4.84. The number of carbonyl (C=O) groups excluding carboxylic acids is 1. The van der Waals surface area contributed by atoms with Crippen molar-refractivity contribution in [3.05, 3.63) is 65.2 Å². The molecule has 2 aromatic rings. The summed E-state index contributed by atoms with van der Waals surface area (Å²) in [4.78, 5) is 12.0. The van der Waals surface area contributed by atoms with Crippen LogP contribution in [0.3, 0.4) is 0 Å². The number of ether oxygens (including phenoxy) is 1. The van der Waals surface area contributed by atoms with E-state index in [0.717, 1.165) is 6.42 Å². The fourth-order valence-electron chi connectivity index (χ4n) is 2.09. The molecule has 3 nitrogen and oxygen atoms in total. The molecule has 116 valence electrons. The van der Waals surface area contributed by atoms with Gasteiger partial charge in [-0.3, -0.25) is 4.79 Å². The normalized spacial score (nSPS) is 10.5. The van der Waals surface area contributed by atoms with Crippen LogP contribution in [0, 0.1) is 6.92 Å². The van der Waals surface area contributed by atoms with Crippen molar-refractivity contribution < 1.29 is 18.3 Å². The molecule has 0 unspecified atom stereocenters. The third kappa shape index (κ3) is 4.55. The summed E-state index contributed by atoms with van der Waals surface area (Å²) < 4.78 is 28.3. The topological polar surface area (TPSA) is 38.3 Å². The number of aryl methyl sites for hydroxylation is 1. The Labute approximate surface area is 127 Å². The smallest absolute Gasteiger partial charge is 0.387 e. The second kappa shape index (κ2) is 7.54. The van der Waals surface area contributed by atoms with Crippen LogP contribution in [0.25, 0.3) is 0 Å². The summed E-state index contributed by atoms with van der Waals surface area (Å²) >= 11 is 0. The molecule has 0 saturated heterocycles. The minimum atomic E-state index is -2.87. The maximum absolute atomic E-state index is 12.0. The highest BCUT2D eigenvalue weighted by Crippen LogP contribution is 2.15. The average molecular weight is 305 g/mol. The van der Waals surface area contributed by atoms with Gasteiger partial charge in [-0.25, -0.2) is 0 Å². The van der Waals surface area contributed by atoms with Gasteiger partial charge < -0.3 is 10.1 Å². The quantitative estimate of drug-likeness (QED) is 0.886. The summed E-state index contributed by atoms with van der Waals surface area (Å²) in [7, 11) is 0. The maximum atomic E-state index is 12.0. The number of amides is 1. The number of hydrogen-bond donors (Lipinski definition) is 1. The zero-order chi connectivity index (χ0) is 15.9. The fraction of sp³-hybridized carbons (Fsp3) is 0.235. The highest BCUT2D eigenvalue weighted by atomic mass is 19.3. The lowest BCUT2D eigenvalue weighted by molar-refractivity contribution is -0.0498. The molecule has 0 atom stereocenters. The molecule has 0 saturated carbocycles. The van der Waals surface area contributed by atoms with E-state index in [-0.39, 0.29) is 11.7 Å². The SMILES string of the molecule is Cc1ccccc1CCNC(=O)c1ccc(OC(F)F)cc1. The van der Waals surface area contributed by atoms with Gasteiger partial charge in [0.1, 0.15) is 5.75 Å². The molecular formula is C17H17F2NO2. The first-order chi connectivity index (χ1) is 10.6. The van der Waals surface area contributed by atoms with Crippen molar-refractivity contribution in [2.75, 3.05) is 6.54 Å². The van der Waals surface area contributed by atoms with Gasteiger partial charge in [0.2, 0.25) is 0 Å².